The molecular formula is C26H40N4O6S. The molecule has 0 aliphatic heterocycles. The van der Waals surface area contributed by atoms with E-state index in [4.69, 9.17) is 0 Å². The molecule has 0 saturated carbocycles. The number of nitrogens with zero attached hydrogens (tertiary/aromatic N) is 4. The van der Waals surface area contributed by atoms with Crippen molar-refractivity contribution in [1.82, 2.24) is 19.8 Å². The summed E-state index contributed by atoms with van der Waals surface area (Å²) in [6.07, 6.45) is 8.08. The number of amides is 2. The highest BCUT2D eigenvalue weighted by atomic mass is 32.2. The van der Waals surface area contributed by atoms with E-state index in [1.165, 1.54) is 12.4 Å². The van der Waals surface area contributed by atoms with Crippen molar-refractivity contribution in [1.29, 1.82) is 0 Å². The van der Waals surface area contributed by atoms with Gasteiger partial charge in [-0.15, -0.1) is 0 Å². The number of imide groups is 1. The monoisotopic (exact) mass is 536 g/mol. The highest BCUT2D eigenvalue weighted by Crippen LogP contribution is 2.15. The van der Waals surface area contributed by atoms with Gasteiger partial charge in [0.25, 0.3) is 0 Å². The van der Waals surface area contributed by atoms with Crippen molar-refractivity contribution in [2.24, 2.45) is 0 Å². The number of carbonyl (C=O) groups excluding carboxylic acids is 2. The molecule has 10 nitrogen and oxygen atoms in total. The Morgan fingerprint density at radius 2 is 1.59 bits per heavy atom. The molecule has 0 unspecified atom stereocenters. The first-order valence-electron chi connectivity index (χ1n) is 12.9. The highest BCUT2D eigenvalue weighted by Gasteiger charge is 2.33. The van der Waals surface area contributed by atoms with E-state index in [0.717, 1.165) is 50.1 Å². The molecule has 0 bridgehead atoms. The van der Waals surface area contributed by atoms with Crippen molar-refractivity contribution in [3.63, 3.8) is 0 Å². The molecule has 206 valence electrons. The van der Waals surface area contributed by atoms with Gasteiger partial charge in [0.15, 0.2) is 0 Å². The van der Waals surface area contributed by atoms with Gasteiger partial charge in [0, 0.05) is 37.9 Å². The van der Waals surface area contributed by atoms with Crippen LogP contribution >= 0.6 is 0 Å². The third-order valence-corrected chi connectivity index (χ3v) is 6.48. The number of aliphatic carboxylic acids is 1. The second kappa shape index (κ2) is 16.8. The van der Waals surface area contributed by atoms with Gasteiger partial charge in [-0.3, -0.25) is 14.5 Å². The smallest absolute Gasteiger partial charge is 0.326 e. The van der Waals surface area contributed by atoms with Crippen LogP contribution in [0.15, 0.2) is 17.6 Å². The van der Waals surface area contributed by atoms with Gasteiger partial charge in [-0.1, -0.05) is 32.6 Å². The van der Waals surface area contributed by atoms with Gasteiger partial charge in [0.05, 0.1) is 5.56 Å². The topological polar surface area (TPSA) is 138 Å². The summed E-state index contributed by atoms with van der Waals surface area (Å²) in [5, 5.41) is 9.51. The van der Waals surface area contributed by atoms with Crippen LogP contribution in [0.5, 0.6) is 0 Å². The summed E-state index contributed by atoms with van der Waals surface area (Å²) in [7, 11) is -3.49. The van der Waals surface area contributed by atoms with Crippen LogP contribution < -0.4 is 0 Å². The van der Waals surface area contributed by atoms with Crippen LogP contribution in [0.2, 0.25) is 0 Å². The Morgan fingerprint density at radius 3 is 2.11 bits per heavy atom. The van der Waals surface area contributed by atoms with Crippen LogP contribution in [0, 0.1) is 11.8 Å². The SMILES string of the molecule is CCCN(CCC)CCCC[C@@H](C(=O)O)N(C(=O)CC)C(=O)CCCC#Cc1cnc(S(C)(=O)=O)nc1. The van der Waals surface area contributed by atoms with Crippen LogP contribution in [-0.4, -0.2) is 83.0 Å². The fourth-order valence-corrected chi connectivity index (χ4v) is 4.33. The predicted octanol–water partition coefficient (Wildman–Crippen LogP) is 2.91. The number of hydrogen-bond acceptors (Lipinski definition) is 8. The second-order valence-corrected chi connectivity index (χ2v) is 10.8. The summed E-state index contributed by atoms with van der Waals surface area (Å²) in [5.74, 6) is 3.49. The lowest BCUT2D eigenvalue weighted by molar-refractivity contribution is -0.158. The quantitative estimate of drug-likeness (QED) is 0.192. The second-order valence-electron chi connectivity index (χ2n) is 8.88. The van der Waals surface area contributed by atoms with Crippen molar-refractivity contribution in [3.8, 4) is 11.8 Å². The van der Waals surface area contributed by atoms with Crippen LogP contribution in [0.1, 0.15) is 84.1 Å². The lowest BCUT2D eigenvalue weighted by atomic mass is 10.1. The number of unbranched alkanes of at least 4 members (excludes halogenated alkanes) is 2. The van der Waals surface area contributed by atoms with Crippen LogP contribution in [-0.2, 0) is 24.2 Å². The molecule has 0 fully saturated rings. The zero-order chi connectivity index (χ0) is 27.8. The Labute approximate surface area is 220 Å². The molecule has 1 heterocycles. The third kappa shape index (κ3) is 11.8. The van der Waals surface area contributed by atoms with Gasteiger partial charge in [0.1, 0.15) is 6.04 Å². The van der Waals surface area contributed by atoms with Crippen molar-refractivity contribution in [2.45, 2.75) is 89.8 Å². The zero-order valence-electron chi connectivity index (χ0n) is 22.4. The Morgan fingerprint density at radius 1 is 0.973 bits per heavy atom. The van der Waals surface area contributed by atoms with Crippen molar-refractivity contribution in [2.75, 3.05) is 25.9 Å². The van der Waals surface area contributed by atoms with Gasteiger partial charge < -0.3 is 10.0 Å². The van der Waals surface area contributed by atoms with Crippen molar-refractivity contribution < 1.29 is 27.9 Å². The molecule has 11 heteroatoms. The van der Waals surface area contributed by atoms with Gasteiger partial charge in [-0.25, -0.2) is 23.2 Å². The standard InChI is InChI=1S/C26H40N4O6S/c1-5-16-29(17-6-2)18-12-11-14-22(25(33)34)30(23(31)7-3)24(32)15-10-8-9-13-21-19-27-26(28-20-21)37(4,35)36/h19-20,22H,5-8,10-12,14-18H2,1-4H3,(H,33,34)/t22-/m0/s1. The molecular weight excluding hydrogens is 496 g/mol. The van der Waals surface area contributed by atoms with Crippen molar-refractivity contribution >= 4 is 27.6 Å². The van der Waals surface area contributed by atoms with Gasteiger partial charge in [-0.05, 0) is 58.2 Å². The van der Waals surface area contributed by atoms with E-state index in [9.17, 15) is 27.9 Å². The fraction of sp³-hybridized carbons (Fsp3) is 0.654. The minimum atomic E-state index is -3.49. The Balaban J connectivity index is 2.70. The van der Waals surface area contributed by atoms with E-state index in [-0.39, 0.29) is 24.4 Å². The number of aromatic nitrogens is 2. The molecule has 0 aliphatic rings. The van der Waals surface area contributed by atoms with E-state index < -0.39 is 33.7 Å². The first kappa shape index (κ1) is 32.2. The maximum absolute atomic E-state index is 12.9. The first-order chi connectivity index (χ1) is 17.5. The molecule has 0 radical (unpaired) electrons. The van der Waals surface area contributed by atoms with E-state index >= 15 is 0 Å². The molecule has 1 aromatic heterocycles. The largest absolute Gasteiger partial charge is 0.480 e. The maximum atomic E-state index is 12.9. The molecule has 1 atom stereocenters. The van der Waals surface area contributed by atoms with E-state index in [1.54, 1.807) is 6.92 Å². The number of carboxylic acid groups (broad SMARTS) is 1. The van der Waals surface area contributed by atoms with Crippen LogP contribution in [0.4, 0.5) is 0 Å². The number of carboxylic acids is 1. The lowest BCUT2D eigenvalue weighted by Gasteiger charge is -2.27. The number of carbonyl (C=O) groups is 3. The van der Waals surface area contributed by atoms with Gasteiger partial charge in [0.2, 0.25) is 26.8 Å². The fourth-order valence-electron chi connectivity index (χ4n) is 3.85. The molecule has 1 N–H and O–H groups in total. The minimum absolute atomic E-state index is 0.00546. The normalized spacial score (nSPS) is 12.0. The van der Waals surface area contributed by atoms with E-state index in [0.29, 0.717) is 24.8 Å². The molecule has 1 rings (SSSR count). The third-order valence-electron chi connectivity index (χ3n) is 5.60. The van der Waals surface area contributed by atoms with E-state index in [1.807, 2.05) is 0 Å². The summed E-state index contributed by atoms with van der Waals surface area (Å²) >= 11 is 0. The Kier molecular flexibility index (Phi) is 14.6. The summed E-state index contributed by atoms with van der Waals surface area (Å²) in [6, 6.07) is -1.18. The molecule has 0 spiro atoms. The average molecular weight is 537 g/mol. The minimum Gasteiger partial charge on any atom is -0.480 e. The number of rotatable bonds is 16. The molecule has 0 aromatic carbocycles. The Bertz CT molecular complexity index is 1040. The summed E-state index contributed by atoms with van der Waals surface area (Å²) < 4.78 is 22.8. The summed E-state index contributed by atoms with van der Waals surface area (Å²) in [5.41, 5.74) is 0.434. The predicted molar refractivity (Wildman–Crippen MR) is 140 cm³/mol. The maximum Gasteiger partial charge on any atom is 0.326 e. The molecule has 0 aliphatic carbocycles. The zero-order valence-corrected chi connectivity index (χ0v) is 23.2. The van der Waals surface area contributed by atoms with E-state index in [2.05, 4.69) is 40.6 Å². The van der Waals surface area contributed by atoms with Gasteiger partial charge in [-0.2, -0.15) is 0 Å². The molecule has 2 amide bonds. The lowest BCUT2D eigenvalue weighted by Crippen LogP contribution is -2.48. The molecule has 37 heavy (non-hydrogen) atoms. The average Bonchev–Trinajstić information content (AvgIpc) is 2.85. The van der Waals surface area contributed by atoms with Gasteiger partial charge >= 0.3 is 5.97 Å². The molecule has 0 saturated heterocycles. The van der Waals surface area contributed by atoms with Crippen LogP contribution in [0.3, 0.4) is 0 Å². The number of sulfone groups is 1. The summed E-state index contributed by atoms with van der Waals surface area (Å²) in [4.78, 5) is 48.2. The highest BCUT2D eigenvalue weighted by molar-refractivity contribution is 7.90. The molecule has 1 aromatic rings. The summed E-state index contributed by atoms with van der Waals surface area (Å²) in [6.45, 7) is 8.72. The Hall–Kier alpha value is -2.84. The van der Waals surface area contributed by atoms with Crippen molar-refractivity contribution in [3.05, 3.63) is 18.0 Å². The first-order valence-corrected chi connectivity index (χ1v) is 14.7. The number of hydrogen-bond donors (Lipinski definition) is 1. The van der Waals surface area contributed by atoms with Crippen LogP contribution in [0.25, 0.3) is 0 Å².